The zero-order valence-corrected chi connectivity index (χ0v) is 9.72. The van der Waals surface area contributed by atoms with E-state index in [1.807, 2.05) is 6.07 Å². The van der Waals surface area contributed by atoms with Crippen molar-refractivity contribution in [1.29, 1.82) is 0 Å². The van der Waals surface area contributed by atoms with Crippen molar-refractivity contribution in [3.8, 4) is 5.75 Å². The Kier molecular flexibility index (Phi) is 3.78. The second kappa shape index (κ2) is 5.30. The molecule has 88 valence electrons. The Morgan fingerprint density at radius 1 is 1.50 bits per heavy atom. The number of ether oxygens (including phenoxy) is 1. The van der Waals surface area contributed by atoms with Crippen LogP contribution in [0, 0.1) is 5.92 Å². The molecule has 2 rings (SSSR count). The molecular formula is C13H19NO2. The molecule has 0 bridgehead atoms. The van der Waals surface area contributed by atoms with Gasteiger partial charge in [0.2, 0.25) is 0 Å². The Hall–Kier alpha value is -1.09. The number of pyridine rings is 1. The Morgan fingerprint density at radius 2 is 2.31 bits per heavy atom. The summed E-state index contributed by atoms with van der Waals surface area (Å²) in [4.78, 5) is 4.11. The Balaban J connectivity index is 2.02. The standard InChI is InChI=1S/C13H19NO2/c1-2-6-16-12-7-11(8-14-9-12)13(15)10-4-3-5-10/h7-10,13,15H,2-6H2,1H3. The number of nitrogens with zero attached hydrogens (tertiary/aromatic N) is 1. The second-order valence-corrected chi connectivity index (χ2v) is 4.44. The van der Waals surface area contributed by atoms with Crippen molar-refractivity contribution in [2.24, 2.45) is 5.92 Å². The third-order valence-corrected chi connectivity index (χ3v) is 3.15. The zero-order valence-electron chi connectivity index (χ0n) is 9.72. The number of aromatic nitrogens is 1. The lowest BCUT2D eigenvalue weighted by Crippen LogP contribution is -2.20. The first-order chi connectivity index (χ1) is 7.81. The molecule has 1 unspecified atom stereocenters. The number of hydrogen-bond acceptors (Lipinski definition) is 3. The molecular weight excluding hydrogens is 202 g/mol. The van der Waals surface area contributed by atoms with Crippen molar-refractivity contribution in [3.05, 3.63) is 24.0 Å². The molecule has 0 saturated heterocycles. The quantitative estimate of drug-likeness (QED) is 0.831. The molecule has 3 nitrogen and oxygen atoms in total. The van der Waals surface area contributed by atoms with Crippen molar-refractivity contribution in [2.75, 3.05) is 6.61 Å². The summed E-state index contributed by atoms with van der Waals surface area (Å²) in [6.07, 6.45) is 7.54. The highest BCUT2D eigenvalue weighted by Crippen LogP contribution is 2.37. The predicted octanol–water partition coefficient (Wildman–Crippen LogP) is 2.70. The van der Waals surface area contributed by atoms with Gasteiger partial charge in [-0.2, -0.15) is 0 Å². The normalized spacial score (nSPS) is 17.9. The molecule has 1 aliphatic rings. The molecule has 1 fully saturated rings. The van der Waals surface area contributed by atoms with E-state index in [9.17, 15) is 5.11 Å². The van der Waals surface area contributed by atoms with Gasteiger partial charge in [-0.1, -0.05) is 13.3 Å². The monoisotopic (exact) mass is 221 g/mol. The van der Waals surface area contributed by atoms with E-state index in [-0.39, 0.29) is 6.10 Å². The minimum absolute atomic E-state index is 0.369. The molecule has 0 amide bonds. The average molecular weight is 221 g/mol. The van der Waals surface area contributed by atoms with Crippen LogP contribution >= 0.6 is 0 Å². The molecule has 0 radical (unpaired) electrons. The predicted molar refractivity (Wildman–Crippen MR) is 62.3 cm³/mol. The minimum atomic E-state index is -0.369. The summed E-state index contributed by atoms with van der Waals surface area (Å²) in [5.74, 6) is 1.18. The van der Waals surface area contributed by atoms with Crippen LogP contribution in [0.4, 0.5) is 0 Å². The smallest absolute Gasteiger partial charge is 0.137 e. The first kappa shape index (κ1) is 11.4. The largest absolute Gasteiger partial charge is 0.492 e. The van der Waals surface area contributed by atoms with E-state index in [1.165, 1.54) is 6.42 Å². The van der Waals surface area contributed by atoms with Crippen LogP contribution in [0.1, 0.15) is 44.3 Å². The molecule has 1 aliphatic carbocycles. The molecule has 1 aromatic rings. The van der Waals surface area contributed by atoms with Crippen molar-refractivity contribution < 1.29 is 9.84 Å². The van der Waals surface area contributed by atoms with E-state index in [1.54, 1.807) is 12.4 Å². The maximum atomic E-state index is 10.1. The van der Waals surface area contributed by atoms with E-state index in [4.69, 9.17) is 4.74 Å². The molecule has 0 aliphatic heterocycles. The maximum Gasteiger partial charge on any atom is 0.137 e. The summed E-state index contributed by atoms with van der Waals surface area (Å²) in [6, 6.07) is 1.91. The topological polar surface area (TPSA) is 42.4 Å². The summed E-state index contributed by atoms with van der Waals surface area (Å²) >= 11 is 0. The van der Waals surface area contributed by atoms with Gasteiger partial charge in [-0.05, 0) is 31.2 Å². The van der Waals surface area contributed by atoms with Crippen molar-refractivity contribution in [3.63, 3.8) is 0 Å². The summed E-state index contributed by atoms with van der Waals surface area (Å²) in [5, 5.41) is 10.1. The number of aliphatic hydroxyl groups is 1. The maximum absolute atomic E-state index is 10.1. The zero-order chi connectivity index (χ0) is 11.4. The third kappa shape index (κ3) is 2.53. The van der Waals surface area contributed by atoms with E-state index >= 15 is 0 Å². The lowest BCUT2D eigenvalue weighted by Gasteiger charge is -2.30. The van der Waals surface area contributed by atoms with Crippen LogP contribution < -0.4 is 4.74 Å². The molecule has 0 spiro atoms. The summed E-state index contributed by atoms with van der Waals surface area (Å²) in [6.45, 7) is 2.77. The van der Waals surface area contributed by atoms with E-state index < -0.39 is 0 Å². The fourth-order valence-electron chi connectivity index (χ4n) is 1.92. The number of aliphatic hydroxyl groups excluding tert-OH is 1. The molecule has 1 heterocycles. The molecule has 16 heavy (non-hydrogen) atoms. The first-order valence-corrected chi connectivity index (χ1v) is 6.07. The highest BCUT2D eigenvalue weighted by Gasteiger charge is 2.27. The van der Waals surface area contributed by atoms with E-state index in [0.717, 1.165) is 30.6 Å². The fraction of sp³-hybridized carbons (Fsp3) is 0.615. The number of rotatable bonds is 5. The first-order valence-electron chi connectivity index (χ1n) is 6.07. The fourth-order valence-corrected chi connectivity index (χ4v) is 1.92. The van der Waals surface area contributed by atoms with Crippen LogP contribution in [0.15, 0.2) is 18.5 Å². The van der Waals surface area contributed by atoms with Gasteiger partial charge in [-0.3, -0.25) is 4.98 Å². The molecule has 1 saturated carbocycles. The van der Waals surface area contributed by atoms with Gasteiger partial charge in [0.1, 0.15) is 5.75 Å². The van der Waals surface area contributed by atoms with Crippen LogP contribution in [0.2, 0.25) is 0 Å². The summed E-state index contributed by atoms with van der Waals surface area (Å²) in [5.41, 5.74) is 0.887. The Labute approximate surface area is 96.5 Å². The minimum Gasteiger partial charge on any atom is -0.492 e. The van der Waals surface area contributed by atoms with E-state index in [0.29, 0.717) is 12.5 Å². The summed E-state index contributed by atoms with van der Waals surface area (Å²) < 4.78 is 5.50. The second-order valence-electron chi connectivity index (χ2n) is 4.44. The van der Waals surface area contributed by atoms with Gasteiger partial charge in [0.05, 0.1) is 18.9 Å². The Bertz CT molecular complexity index is 336. The lowest BCUT2D eigenvalue weighted by atomic mass is 9.79. The average Bonchev–Trinajstić information content (AvgIpc) is 2.24. The van der Waals surface area contributed by atoms with Gasteiger partial charge in [0.25, 0.3) is 0 Å². The van der Waals surface area contributed by atoms with Crippen molar-refractivity contribution in [2.45, 2.75) is 38.7 Å². The third-order valence-electron chi connectivity index (χ3n) is 3.15. The van der Waals surface area contributed by atoms with Crippen LogP contribution in [0.5, 0.6) is 5.75 Å². The molecule has 1 N–H and O–H groups in total. The van der Waals surface area contributed by atoms with Crippen LogP contribution in [0.25, 0.3) is 0 Å². The Morgan fingerprint density at radius 3 is 2.94 bits per heavy atom. The van der Waals surface area contributed by atoms with Gasteiger partial charge in [-0.15, -0.1) is 0 Å². The van der Waals surface area contributed by atoms with Gasteiger partial charge in [0.15, 0.2) is 0 Å². The van der Waals surface area contributed by atoms with Crippen molar-refractivity contribution in [1.82, 2.24) is 4.98 Å². The summed E-state index contributed by atoms with van der Waals surface area (Å²) in [7, 11) is 0. The van der Waals surface area contributed by atoms with E-state index in [2.05, 4.69) is 11.9 Å². The number of hydrogen-bond donors (Lipinski definition) is 1. The van der Waals surface area contributed by atoms with Gasteiger partial charge in [0, 0.05) is 11.8 Å². The molecule has 3 heteroatoms. The SMILES string of the molecule is CCCOc1cncc(C(O)C2CCC2)c1. The van der Waals surface area contributed by atoms with Gasteiger partial charge >= 0.3 is 0 Å². The van der Waals surface area contributed by atoms with Crippen LogP contribution in [-0.4, -0.2) is 16.7 Å². The molecule has 0 aromatic carbocycles. The highest BCUT2D eigenvalue weighted by molar-refractivity contribution is 5.25. The van der Waals surface area contributed by atoms with Crippen molar-refractivity contribution >= 4 is 0 Å². The highest BCUT2D eigenvalue weighted by atomic mass is 16.5. The lowest BCUT2D eigenvalue weighted by molar-refractivity contribution is 0.0616. The van der Waals surface area contributed by atoms with Crippen LogP contribution in [-0.2, 0) is 0 Å². The molecule has 1 atom stereocenters. The van der Waals surface area contributed by atoms with Crippen LogP contribution in [0.3, 0.4) is 0 Å². The van der Waals surface area contributed by atoms with Gasteiger partial charge in [-0.25, -0.2) is 0 Å². The van der Waals surface area contributed by atoms with Gasteiger partial charge < -0.3 is 9.84 Å². The molecule has 1 aromatic heterocycles.